The van der Waals surface area contributed by atoms with Crippen molar-refractivity contribution in [3.05, 3.63) is 40.6 Å². The molecule has 12 heavy (non-hydrogen) atoms. The number of nitrogens with one attached hydrogen (secondary N) is 1. The predicted molar refractivity (Wildman–Crippen MR) is 43.8 cm³/mol. The maximum atomic E-state index is 10.5. The van der Waals surface area contributed by atoms with Crippen LogP contribution in [0.5, 0.6) is 0 Å². The van der Waals surface area contributed by atoms with Gasteiger partial charge in [-0.2, -0.15) is 0 Å². The number of H-pyrrole nitrogens is 1. The number of benzene rings is 1. The second-order valence-corrected chi connectivity index (χ2v) is 2.39. The molecule has 0 bridgehead atoms. The van der Waals surface area contributed by atoms with Crippen LogP contribution in [0.3, 0.4) is 0 Å². The third-order valence-corrected chi connectivity index (χ3v) is 1.68. The number of nitrogens with zero attached hydrogens (tertiary/aromatic N) is 1. The summed E-state index contributed by atoms with van der Waals surface area (Å²) in [5.41, 5.74) is 0.831. The van der Waals surface area contributed by atoms with Crippen molar-refractivity contribution in [1.82, 2.24) is 4.98 Å². The molecule has 59 valence electrons. The number of nitro groups is 1. The van der Waals surface area contributed by atoms with Crippen molar-refractivity contribution in [3.8, 4) is 0 Å². The average Bonchev–Trinajstić information content (AvgIpc) is 2.49. The van der Waals surface area contributed by atoms with Gasteiger partial charge >= 0.3 is 0 Å². The lowest BCUT2D eigenvalue weighted by atomic mass is 10.2. The van der Waals surface area contributed by atoms with Crippen molar-refractivity contribution in [2.75, 3.05) is 0 Å². The molecule has 4 heteroatoms. The van der Waals surface area contributed by atoms with Gasteiger partial charge in [0.05, 0.1) is 15.8 Å². The zero-order chi connectivity index (χ0) is 8.55. The molecule has 0 aliphatic rings. The van der Waals surface area contributed by atoms with E-state index in [2.05, 4.69) is 11.1 Å². The molecule has 1 radical (unpaired) electrons. The van der Waals surface area contributed by atoms with Gasteiger partial charge in [0.2, 0.25) is 0 Å². The number of aromatic amines is 1. The Hall–Kier alpha value is -1.84. The molecule has 0 aliphatic carbocycles. The van der Waals surface area contributed by atoms with E-state index in [0.717, 1.165) is 5.52 Å². The molecule has 0 unspecified atom stereocenters. The first-order chi connectivity index (χ1) is 5.79. The van der Waals surface area contributed by atoms with E-state index in [-0.39, 0.29) is 5.69 Å². The van der Waals surface area contributed by atoms with Crippen LogP contribution >= 0.6 is 0 Å². The van der Waals surface area contributed by atoms with Crippen LogP contribution in [0.15, 0.2) is 24.4 Å². The molecule has 0 atom stereocenters. The highest BCUT2D eigenvalue weighted by atomic mass is 16.6. The van der Waals surface area contributed by atoms with E-state index in [9.17, 15) is 10.1 Å². The zero-order valence-electron chi connectivity index (χ0n) is 6.07. The van der Waals surface area contributed by atoms with Crippen molar-refractivity contribution < 1.29 is 4.92 Å². The topological polar surface area (TPSA) is 58.9 Å². The van der Waals surface area contributed by atoms with Crippen LogP contribution in [0.25, 0.3) is 10.9 Å². The Bertz CT molecular complexity index is 433. The van der Waals surface area contributed by atoms with Gasteiger partial charge in [0.1, 0.15) is 0 Å². The Morgan fingerprint density at radius 3 is 3.08 bits per heavy atom. The van der Waals surface area contributed by atoms with Crippen molar-refractivity contribution >= 4 is 16.6 Å². The maximum absolute atomic E-state index is 10.5. The highest BCUT2D eigenvalue weighted by Crippen LogP contribution is 2.22. The fourth-order valence-corrected chi connectivity index (χ4v) is 1.15. The lowest BCUT2D eigenvalue weighted by molar-refractivity contribution is -0.383. The van der Waals surface area contributed by atoms with Crippen LogP contribution in [0.4, 0.5) is 5.69 Å². The molecule has 2 rings (SSSR count). The minimum Gasteiger partial charge on any atom is -0.360 e. The van der Waals surface area contributed by atoms with E-state index in [1.807, 2.05) is 0 Å². The van der Waals surface area contributed by atoms with Gasteiger partial charge in [0, 0.05) is 18.3 Å². The number of aromatic nitrogens is 1. The Labute approximate surface area is 68.0 Å². The molecule has 0 saturated heterocycles. The molecule has 4 nitrogen and oxygen atoms in total. The summed E-state index contributed by atoms with van der Waals surface area (Å²) >= 11 is 0. The summed E-state index contributed by atoms with van der Waals surface area (Å²) < 4.78 is 0. The van der Waals surface area contributed by atoms with E-state index in [0.29, 0.717) is 5.39 Å². The van der Waals surface area contributed by atoms with Crippen LogP contribution < -0.4 is 0 Å². The Morgan fingerprint density at radius 1 is 1.50 bits per heavy atom. The predicted octanol–water partition coefficient (Wildman–Crippen LogP) is 1.88. The molecule has 1 aromatic heterocycles. The van der Waals surface area contributed by atoms with Gasteiger partial charge in [-0.15, -0.1) is 0 Å². The Morgan fingerprint density at radius 2 is 2.33 bits per heavy atom. The summed E-state index contributed by atoms with van der Waals surface area (Å²) in [5, 5.41) is 11.0. The second-order valence-electron chi connectivity index (χ2n) is 2.39. The van der Waals surface area contributed by atoms with Gasteiger partial charge in [0.25, 0.3) is 5.69 Å². The summed E-state index contributed by atoms with van der Waals surface area (Å²) in [6.45, 7) is 0. The fourth-order valence-electron chi connectivity index (χ4n) is 1.15. The normalized spacial score (nSPS) is 10.3. The first-order valence-electron chi connectivity index (χ1n) is 3.41. The summed E-state index contributed by atoms with van der Waals surface area (Å²) in [6.07, 6.45) is 1.57. The van der Waals surface area contributed by atoms with E-state index >= 15 is 0 Å². The zero-order valence-corrected chi connectivity index (χ0v) is 6.07. The third-order valence-electron chi connectivity index (χ3n) is 1.68. The largest absolute Gasteiger partial charge is 0.360 e. The van der Waals surface area contributed by atoms with Gasteiger partial charge in [-0.25, -0.2) is 0 Å². The van der Waals surface area contributed by atoms with E-state index in [1.165, 1.54) is 6.07 Å². The summed E-state index contributed by atoms with van der Waals surface area (Å²) in [4.78, 5) is 12.9. The lowest BCUT2D eigenvalue weighted by Gasteiger charge is -1.91. The van der Waals surface area contributed by atoms with Gasteiger partial charge in [-0.1, -0.05) is 6.07 Å². The molecule has 0 aliphatic heterocycles. The van der Waals surface area contributed by atoms with Crippen molar-refractivity contribution in [2.24, 2.45) is 0 Å². The quantitative estimate of drug-likeness (QED) is 0.512. The van der Waals surface area contributed by atoms with E-state index in [4.69, 9.17) is 0 Å². The number of rotatable bonds is 1. The molecule has 0 spiro atoms. The lowest BCUT2D eigenvalue weighted by Crippen LogP contribution is -1.87. The summed E-state index contributed by atoms with van der Waals surface area (Å²) in [6, 6.07) is 7.66. The highest BCUT2D eigenvalue weighted by Gasteiger charge is 2.10. The van der Waals surface area contributed by atoms with Crippen LogP contribution in [-0.4, -0.2) is 9.91 Å². The molecule has 1 N–H and O–H groups in total. The van der Waals surface area contributed by atoms with Gasteiger partial charge in [-0.05, 0) is 6.07 Å². The molecular formula is C8H5N2O2. The fraction of sp³-hybridized carbons (Fsp3) is 0. The number of hydrogen-bond donors (Lipinski definition) is 1. The second kappa shape index (κ2) is 2.34. The van der Waals surface area contributed by atoms with Crippen molar-refractivity contribution in [3.63, 3.8) is 0 Å². The monoisotopic (exact) mass is 161 g/mol. The first kappa shape index (κ1) is 6.84. The molecule has 0 amide bonds. The van der Waals surface area contributed by atoms with Gasteiger partial charge in [0.15, 0.2) is 0 Å². The molecule has 0 saturated carbocycles. The van der Waals surface area contributed by atoms with E-state index in [1.54, 1.807) is 18.3 Å². The van der Waals surface area contributed by atoms with Crippen LogP contribution in [0.1, 0.15) is 0 Å². The smallest absolute Gasteiger partial charge is 0.279 e. The van der Waals surface area contributed by atoms with Gasteiger partial charge < -0.3 is 4.98 Å². The maximum Gasteiger partial charge on any atom is 0.279 e. The number of nitro benzene ring substituents is 1. The minimum absolute atomic E-state index is 0.0914. The van der Waals surface area contributed by atoms with Crippen molar-refractivity contribution in [1.29, 1.82) is 0 Å². The summed E-state index contributed by atoms with van der Waals surface area (Å²) in [7, 11) is 0. The molecular weight excluding hydrogens is 156 g/mol. The third kappa shape index (κ3) is 0.852. The molecule has 1 heterocycles. The molecule has 0 fully saturated rings. The number of hydrogen-bond acceptors (Lipinski definition) is 2. The molecule has 1 aromatic carbocycles. The number of fused-ring (bicyclic) bond motifs is 1. The first-order valence-corrected chi connectivity index (χ1v) is 3.41. The van der Waals surface area contributed by atoms with E-state index < -0.39 is 4.92 Å². The SMILES string of the molecule is O=[N+]([O-])c1cccc2[nH]c[c]c12. The van der Waals surface area contributed by atoms with Crippen LogP contribution in [0.2, 0.25) is 0 Å². The number of non-ortho nitro benzene ring substituents is 1. The van der Waals surface area contributed by atoms with Crippen molar-refractivity contribution in [2.45, 2.75) is 0 Å². The minimum atomic E-state index is -0.410. The standard InChI is InChI=1S/C8H5N2O2/c11-10(12)8-3-1-2-7-6(8)4-5-9-7/h1-3,5,9H. The highest BCUT2D eigenvalue weighted by molar-refractivity contribution is 5.87. The van der Waals surface area contributed by atoms with Crippen LogP contribution in [0, 0.1) is 16.2 Å². The molecule has 2 aromatic rings. The van der Waals surface area contributed by atoms with Gasteiger partial charge in [-0.3, -0.25) is 10.1 Å². The average molecular weight is 161 g/mol. The summed E-state index contributed by atoms with van der Waals surface area (Å²) in [5.74, 6) is 0. The van der Waals surface area contributed by atoms with Crippen LogP contribution in [-0.2, 0) is 0 Å². The Kier molecular flexibility index (Phi) is 1.33. The Balaban J connectivity index is 2.82.